The van der Waals surface area contributed by atoms with E-state index >= 15 is 0 Å². The molecule has 5 heteroatoms. The summed E-state index contributed by atoms with van der Waals surface area (Å²) in [4.78, 5) is 2.19. The standard InChI is InChI=1S/C16H23F3N2/c1-11(2)21(9-12-7-8-12)10-15(20)13-5-3-4-6-14(13)16(17,18)19/h3-6,11-12,15H,7-10,20H2,1-2H3. The molecular formula is C16H23F3N2. The van der Waals surface area contributed by atoms with Crippen LogP contribution in [0.1, 0.15) is 43.9 Å². The van der Waals surface area contributed by atoms with E-state index in [2.05, 4.69) is 18.7 Å². The molecule has 1 aromatic rings. The molecule has 1 fully saturated rings. The van der Waals surface area contributed by atoms with Gasteiger partial charge in [0.2, 0.25) is 0 Å². The average Bonchev–Trinajstić information content (AvgIpc) is 3.20. The van der Waals surface area contributed by atoms with Crippen LogP contribution in [0, 0.1) is 5.92 Å². The SMILES string of the molecule is CC(C)N(CC1CC1)CC(N)c1ccccc1C(F)(F)F. The van der Waals surface area contributed by atoms with Gasteiger partial charge in [-0.3, -0.25) is 4.90 Å². The molecule has 2 nitrogen and oxygen atoms in total. The number of hydrogen-bond donors (Lipinski definition) is 1. The molecule has 1 aromatic carbocycles. The quantitative estimate of drug-likeness (QED) is 0.865. The van der Waals surface area contributed by atoms with Gasteiger partial charge in [-0.2, -0.15) is 13.2 Å². The molecule has 0 radical (unpaired) electrons. The maximum Gasteiger partial charge on any atom is 0.416 e. The fourth-order valence-corrected chi connectivity index (χ4v) is 2.56. The molecule has 0 amide bonds. The van der Waals surface area contributed by atoms with Crippen molar-refractivity contribution in [3.63, 3.8) is 0 Å². The van der Waals surface area contributed by atoms with Crippen molar-refractivity contribution in [2.45, 2.75) is 44.9 Å². The van der Waals surface area contributed by atoms with E-state index in [0.29, 0.717) is 12.5 Å². The average molecular weight is 300 g/mol. The van der Waals surface area contributed by atoms with Crippen molar-refractivity contribution in [3.05, 3.63) is 35.4 Å². The predicted molar refractivity (Wildman–Crippen MR) is 77.8 cm³/mol. The van der Waals surface area contributed by atoms with E-state index in [-0.39, 0.29) is 11.6 Å². The van der Waals surface area contributed by atoms with E-state index in [1.165, 1.54) is 25.0 Å². The van der Waals surface area contributed by atoms with Gasteiger partial charge in [0.15, 0.2) is 0 Å². The van der Waals surface area contributed by atoms with E-state index < -0.39 is 17.8 Å². The van der Waals surface area contributed by atoms with Crippen LogP contribution >= 0.6 is 0 Å². The minimum Gasteiger partial charge on any atom is -0.323 e. The van der Waals surface area contributed by atoms with E-state index in [0.717, 1.165) is 12.6 Å². The zero-order valence-electron chi connectivity index (χ0n) is 12.5. The molecule has 0 bridgehead atoms. The molecule has 0 aliphatic heterocycles. The third-order valence-electron chi connectivity index (χ3n) is 4.02. The van der Waals surface area contributed by atoms with Gasteiger partial charge < -0.3 is 5.73 Å². The lowest BCUT2D eigenvalue weighted by Crippen LogP contribution is -2.39. The Labute approximate surface area is 124 Å². The van der Waals surface area contributed by atoms with Crippen LogP contribution in [-0.4, -0.2) is 24.0 Å². The van der Waals surface area contributed by atoms with Gasteiger partial charge in [0.25, 0.3) is 0 Å². The molecule has 1 aliphatic carbocycles. The summed E-state index contributed by atoms with van der Waals surface area (Å²) < 4.78 is 39.2. The first-order valence-electron chi connectivity index (χ1n) is 7.44. The number of halogens is 3. The molecule has 2 N–H and O–H groups in total. The lowest BCUT2D eigenvalue weighted by molar-refractivity contribution is -0.138. The van der Waals surface area contributed by atoms with Crippen molar-refractivity contribution in [1.82, 2.24) is 4.90 Å². The van der Waals surface area contributed by atoms with E-state index in [4.69, 9.17) is 5.73 Å². The van der Waals surface area contributed by atoms with Gasteiger partial charge in [0.1, 0.15) is 0 Å². The predicted octanol–water partition coefficient (Wildman–Crippen LogP) is 3.83. The van der Waals surface area contributed by atoms with E-state index in [1.807, 2.05) is 0 Å². The fraction of sp³-hybridized carbons (Fsp3) is 0.625. The maximum absolute atomic E-state index is 13.1. The van der Waals surface area contributed by atoms with Crippen molar-refractivity contribution in [1.29, 1.82) is 0 Å². The van der Waals surface area contributed by atoms with Gasteiger partial charge in [0, 0.05) is 25.2 Å². The highest BCUT2D eigenvalue weighted by atomic mass is 19.4. The summed E-state index contributed by atoms with van der Waals surface area (Å²) in [5, 5.41) is 0. The normalized spacial score (nSPS) is 17.5. The van der Waals surface area contributed by atoms with Gasteiger partial charge in [0.05, 0.1) is 5.56 Å². The van der Waals surface area contributed by atoms with Gasteiger partial charge >= 0.3 is 6.18 Å². The number of rotatable bonds is 6. The summed E-state index contributed by atoms with van der Waals surface area (Å²) in [5.41, 5.74) is 5.65. The van der Waals surface area contributed by atoms with Crippen LogP contribution in [0.2, 0.25) is 0 Å². The van der Waals surface area contributed by atoms with E-state index in [1.54, 1.807) is 6.07 Å². The van der Waals surface area contributed by atoms with Gasteiger partial charge in [-0.15, -0.1) is 0 Å². The highest BCUT2D eigenvalue weighted by Gasteiger charge is 2.35. The lowest BCUT2D eigenvalue weighted by atomic mass is 9.99. The Bertz CT molecular complexity index is 467. The molecule has 21 heavy (non-hydrogen) atoms. The molecule has 0 heterocycles. The Morgan fingerprint density at radius 2 is 1.86 bits per heavy atom. The molecule has 1 atom stereocenters. The molecule has 2 rings (SSSR count). The van der Waals surface area contributed by atoms with Crippen molar-refractivity contribution in [3.8, 4) is 0 Å². The third-order valence-corrected chi connectivity index (χ3v) is 4.02. The number of nitrogens with zero attached hydrogens (tertiary/aromatic N) is 1. The second-order valence-corrected chi connectivity index (χ2v) is 6.18. The zero-order valence-corrected chi connectivity index (χ0v) is 12.5. The Morgan fingerprint density at radius 1 is 1.24 bits per heavy atom. The zero-order chi connectivity index (χ0) is 15.6. The molecule has 0 saturated heterocycles. The number of benzene rings is 1. The van der Waals surface area contributed by atoms with Crippen molar-refractivity contribution >= 4 is 0 Å². The summed E-state index contributed by atoms with van der Waals surface area (Å²) in [7, 11) is 0. The molecule has 0 aromatic heterocycles. The minimum atomic E-state index is -4.35. The number of alkyl halides is 3. The summed E-state index contributed by atoms with van der Waals surface area (Å²) in [6.07, 6.45) is -1.91. The highest BCUT2D eigenvalue weighted by molar-refractivity contribution is 5.32. The third kappa shape index (κ3) is 4.45. The van der Waals surface area contributed by atoms with Gasteiger partial charge in [-0.25, -0.2) is 0 Å². The number of hydrogen-bond acceptors (Lipinski definition) is 2. The van der Waals surface area contributed by atoms with E-state index in [9.17, 15) is 13.2 Å². The Kier molecular flexibility index (Phi) is 4.94. The molecule has 118 valence electrons. The first kappa shape index (κ1) is 16.3. The van der Waals surface area contributed by atoms with Crippen molar-refractivity contribution in [2.24, 2.45) is 11.7 Å². The highest BCUT2D eigenvalue weighted by Crippen LogP contribution is 2.35. The van der Waals surface area contributed by atoms with Crippen LogP contribution in [0.25, 0.3) is 0 Å². The molecule has 1 aliphatic rings. The Balaban J connectivity index is 2.13. The van der Waals surface area contributed by atoms with Crippen LogP contribution in [0.15, 0.2) is 24.3 Å². The molecule has 1 unspecified atom stereocenters. The topological polar surface area (TPSA) is 29.3 Å². The van der Waals surface area contributed by atoms with Gasteiger partial charge in [-0.05, 0) is 44.2 Å². The second-order valence-electron chi connectivity index (χ2n) is 6.18. The molecule has 1 saturated carbocycles. The van der Waals surface area contributed by atoms with Crippen LogP contribution < -0.4 is 5.73 Å². The summed E-state index contributed by atoms with van der Waals surface area (Å²) in [6.45, 7) is 5.51. The van der Waals surface area contributed by atoms with Crippen molar-refractivity contribution < 1.29 is 13.2 Å². The fourth-order valence-electron chi connectivity index (χ4n) is 2.56. The van der Waals surface area contributed by atoms with Crippen LogP contribution in [0.3, 0.4) is 0 Å². The summed E-state index contributed by atoms with van der Waals surface area (Å²) in [6, 6.07) is 5.28. The Hall–Kier alpha value is -1.07. The first-order valence-corrected chi connectivity index (χ1v) is 7.44. The van der Waals surface area contributed by atoms with Gasteiger partial charge in [-0.1, -0.05) is 18.2 Å². The monoisotopic (exact) mass is 300 g/mol. The Morgan fingerprint density at radius 3 is 2.38 bits per heavy atom. The molecular weight excluding hydrogens is 277 g/mol. The van der Waals surface area contributed by atoms with Crippen LogP contribution in [0.4, 0.5) is 13.2 Å². The second kappa shape index (κ2) is 6.36. The molecule has 0 spiro atoms. The first-order chi connectivity index (χ1) is 9.79. The van der Waals surface area contributed by atoms with Crippen LogP contribution in [-0.2, 0) is 6.18 Å². The summed E-state index contributed by atoms with van der Waals surface area (Å²) >= 11 is 0. The maximum atomic E-state index is 13.1. The van der Waals surface area contributed by atoms with Crippen LogP contribution in [0.5, 0.6) is 0 Å². The minimum absolute atomic E-state index is 0.187. The summed E-state index contributed by atoms with van der Waals surface area (Å²) in [5.74, 6) is 0.692. The smallest absolute Gasteiger partial charge is 0.323 e. The lowest BCUT2D eigenvalue weighted by Gasteiger charge is -2.30. The number of nitrogens with two attached hydrogens (primary N) is 1. The largest absolute Gasteiger partial charge is 0.416 e. The van der Waals surface area contributed by atoms with Crippen molar-refractivity contribution in [2.75, 3.05) is 13.1 Å².